The van der Waals surface area contributed by atoms with E-state index in [9.17, 15) is 10.4 Å². The van der Waals surface area contributed by atoms with Crippen LogP contribution in [-0.4, -0.2) is 30.2 Å². The number of rotatable bonds is 4. The average molecular weight is 329 g/mol. The van der Waals surface area contributed by atoms with Crippen molar-refractivity contribution in [3.63, 3.8) is 0 Å². The molecule has 23 heavy (non-hydrogen) atoms. The van der Waals surface area contributed by atoms with E-state index < -0.39 is 6.10 Å². The molecule has 1 unspecified atom stereocenters. The Hall–Kier alpha value is -2.07. The molecule has 1 aliphatic rings. The first-order valence-electron chi connectivity index (χ1n) is 7.47. The molecular formula is C17H19N3O2S. The van der Waals surface area contributed by atoms with Crippen LogP contribution in [0.3, 0.4) is 0 Å². The third-order valence-corrected chi connectivity index (χ3v) is 5.23. The van der Waals surface area contributed by atoms with Gasteiger partial charge in [0.15, 0.2) is 0 Å². The van der Waals surface area contributed by atoms with Crippen LogP contribution in [0.4, 0.5) is 5.00 Å². The molecule has 0 spiro atoms. The molecule has 120 valence electrons. The summed E-state index contributed by atoms with van der Waals surface area (Å²) in [5.74, 6) is 0.743. The highest BCUT2D eigenvalue weighted by Crippen LogP contribution is 2.35. The van der Waals surface area contributed by atoms with Gasteiger partial charge in [0.05, 0.1) is 18.8 Å². The highest BCUT2D eigenvalue weighted by Gasteiger charge is 2.25. The zero-order chi connectivity index (χ0) is 16.4. The number of ether oxygens (including phenoxy) is 1. The molecular weight excluding hydrogens is 310 g/mol. The van der Waals surface area contributed by atoms with Crippen LogP contribution in [0.15, 0.2) is 24.3 Å². The van der Waals surface area contributed by atoms with Crippen molar-refractivity contribution < 1.29 is 9.84 Å². The maximum atomic E-state index is 10.5. The van der Waals surface area contributed by atoms with Crippen molar-refractivity contribution >= 4 is 16.3 Å². The summed E-state index contributed by atoms with van der Waals surface area (Å²) in [6.45, 7) is 2.10. The van der Waals surface area contributed by atoms with E-state index in [2.05, 4.69) is 11.0 Å². The summed E-state index contributed by atoms with van der Waals surface area (Å²) in [6.07, 6.45) is 0.232. The number of nitriles is 1. The zero-order valence-corrected chi connectivity index (χ0v) is 13.8. The summed E-state index contributed by atoms with van der Waals surface area (Å²) in [5.41, 5.74) is 8.48. The van der Waals surface area contributed by atoms with Crippen LogP contribution >= 0.6 is 11.3 Å². The number of thiophene rings is 1. The van der Waals surface area contributed by atoms with Crippen LogP contribution < -0.4 is 10.5 Å². The van der Waals surface area contributed by atoms with Crippen LogP contribution in [0.5, 0.6) is 5.75 Å². The number of hydrogen-bond donors (Lipinski definition) is 2. The van der Waals surface area contributed by atoms with Gasteiger partial charge >= 0.3 is 0 Å². The summed E-state index contributed by atoms with van der Waals surface area (Å²) in [6, 6.07) is 9.70. The molecule has 1 aliphatic heterocycles. The average Bonchev–Trinajstić information content (AvgIpc) is 2.89. The van der Waals surface area contributed by atoms with E-state index in [0.717, 1.165) is 41.3 Å². The van der Waals surface area contributed by atoms with Crippen molar-refractivity contribution in [2.45, 2.75) is 19.1 Å². The van der Waals surface area contributed by atoms with Gasteiger partial charge in [-0.3, -0.25) is 4.90 Å². The van der Waals surface area contributed by atoms with E-state index in [1.54, 1.807) is 7.11 Å². The Bertz CT molecular complexity index is 751. The lowest BCUT2D eigenvalue weighted by molar-refractivity contribution is 0.106. The first-order chi connectivity index (χ1) is 11.1. The second-order valence-electron chi connectivity index (χ2n) is 5.63. The number of nitrogens with zero attached hydrogens (tertiary/aromatic N) is 2. The highest BCUT2D eigenvalue weighted by molar-refractivity contribution is 7.16. The molecule has 0 fully saturated rings. The van der Waals surface area contributed by atoms with Crippen molar-refractivity contribution in [3.05, 3.63) is 45.8 Å². The number of fused-ring (bicyclic) bond motifs is 1. The van der Waals surface area contributed by atoms with E-state index in [1.165, 1.54) is 11.3 Å². The van der Waals surface area contributed by atoms with Crippen LogP contribution in [0.25, 0.3) is 0 Å². The topological polar surface area (TPSA) is 82.5 Å². The Morgan fingerprint density at radius 1 is 1.52 bits per heavy atom. The fourth-order valence-electron chi connectivity index (χ4n) is 2.95. The minimum atomic E-state index is -0.570. The van der Waals surface area contributed by atoms with Gasteiger partial charge in [-0.25, -0.2) is 0 Å². The third kappa shape index (κ3) is 3.17. The standard InChI is InChI=1S/C17H19N3O2S/c1-22-12-4-2-3-11(7-12)15(21)9-20-6-5-13-14(8-18)17(19)23-16(13)10-20/h2-4,7,15,21H,5-6,9-10,19H2,1H3. The molecule has 0 radical (unpaired) electrons. The van der Waals surface area contributed by atoms with Gasteiger partial charge in [-0.05, 0) is 29.7 Å². The fraction of sp³-hybridized carbons (Fsp3) is 0.353. The molecule has 3 rings (SSSR count). The van der Waals surface area contributed by atoms with Crippen LogP contribution in [0.1, 0.15) is 27.7 Å². The van der Waals surface area contributed by atoms with Crippen molar-refractivity contribution in [1.82, 2.24) is 4.90 Å². The lowest BCUT2D eigenvalue weighted by atomic mass is 10.0. The number of benzene rings is 1. The predicted molar refractivity (Wildman–Crippen MR) is 90.4 cm³/mol. The molecule has 0 amide bonds. The highest BCUT2D eigenvalue weighted by atomic mass is 32.1. The molecule has 1 aromatic heterocycles. The summed E-state index contributed by atoms with van der Waals surface area (Å²) in [5, 5.41) is 20.3. The van der Waals surface area contributed by atoms with E-state index in [0.29, 0.717) is 17.1 Å². The van der Waals surface area contributed by atoms with E-state index in [1.807, 2.05) is 24.3 Å². The lowest BCUT2D eigenvalue weighted by Gasteiger charge is -2.28. The van der Waals surface area contributed by atoms with Gasteiger partial charge in [-0.15, -0.1) is 11.3 Å². The Balaban J connectivity index is 1.71. The minimum absolute atomic E-state index is 0.548. The summed E-state index contributed by atoms with van der Waals surface area (Å²) in [4.78, 5) is 3.34. The number of nitrogens with two attached hydrogens (primary N) is 1. The van der Waals surface area contributed by atoms with Crippen molar-refractivity contribution in [3.8, 4) is 11.8 Å². The number of methoxy groups -OCH3 is 1. The molecule has 0 saturated carbocycles. The van der Waals surface area contributed by atoms with E-state index >= 15 is 0 Å². The van der Waals surface area contributed by atoms with Gasteiger partial charge in [0.2, 0.25) is 0 Å². The maximum absolute atomic E-state index is 10.5. The van der Waals surface area contributed by atoms with Gasteiger partial charge < -0.3 is 15.6 Å². The van der Waals surface area contributed by atoms with Crippen LogP contribution in [0.2, 0.25) is 0 Å². The van der Waals surface area contributed by atoms with Crippen LogP contribution in [0, 0.1) is 11.3 Å². The molecule has 2 heterocycles. The minimum Gasteiger partial charge on any atom is -0.497 e. The number of aliphatic hydroxyl groups excluding tert-OH is 1. The Morgan fingerprint density at radius 3 is 3.09 bits per heavy atom. The molecule has 6 heteroatoms. The number of β-amino-alcohol motifs (C(OH)–C–C–N with tert-alkyl or cyclic N) is 1. The van der Waals surface area contributed by atoms with Crippen molar-refractivity contribution in [2.75, 3.05) is 25.9 Å². The number of hydrogen-bond acceptors (Lipinski definition) is 6. The summed E-state index contributed by atoms with van der Waals surface area (Å²) >= 11 is 1.49. The van der Waals surface area contributed by atoms with Crippen molar-refractivity contribution in [2.24, 2.45) is 0 Å². The van der Waals surface area contributed by atoms with Gasteiger partial charge in [0, 0.05) is 24.5 Å². The molecule has 1 atom stereocenters. The number of nitrogen functional groups attached to an aromatic ring is 1. The molecule has 5 nitrogen and oxygen atoms in total. The molecule has 0 aliphatic carbocycles. The second kappa shape index (κ2) is 6.59. The smallest absolute Gasteiger partial charge is 0.119 e. The Morgan fingerprint density at radius 2 is 2.35 bits per heavy atom. The number of anilines is 1. The zero-order valence-electron chi connectivity index (χ0n) is 13.0. The third-order valence-electron chi connectivity index (χ3n) is 4.18. The SMILES string of the molecule is COc1cccc(C(O)CN2CCc3c(sc(N)c3C#N)C2)c1. The molecule has 2 aromatic rings. The molecule has 0 bridgehead atoms. The molecule has 1 aromatic carbocycles. The van der Waals surface area contributed by atoms with E-state index in [-0.39, 0.29) is 0 Å². The first-order valence-corrected chi connectivity index (χ1v) is 8.28. The molecule has 0 saturated heterocycles. The Labute approximate surface area is 139 Å². The first kappa shape index (κ1) is 15.8. The Kier molecular flexibility index (Phi) is 4.53. The van der Waals surface area contributed by atoms with Gasteiger partial charge in [0.25, 0.3) is 0 Å². The van der Waals surface area contributed by atoms with Crippen LogP contribution in [-0.2, 0) is 13.0 Å². The fourth-order valence-corrected chi connectivity index (χ4v) is 4.07. The molecule has 3 N–H and O–H groups in total. The summed E-state index contributed by atoms with van der Waals surface area (Å²) < 4.78 is 5.20. The lowest BCUT2D eigenvalue weighted by Crippen LogP contribution is -2.33. The normalized spacial score (nSPS) is 15.7. The second-order valence-corrected chi connectivity index (χ2v) is 6.77. The quantitative estimate of drug-likeness (QED) is 0.899. The van der Waals surface area contributed by atoms with E-state index in [4.69, 9.17) is 10.5 Å². The number of aliphatic hydroxyl groups is 1. The largest absolute Gasteiger partial charge is 0.497 e. The maximum Gasteiger partial charge on any atom is 0.119 e. The van der Waals surface area contributed by atoms with Crippen molar-refractivity contribution in [1.29, 1.82) is 5.26 Å². The van der Waals surface area contributed by atoms with Gasteiger partial charge in [-0.1, -0.05) is 12.1 Å². The summed E-state index contributed by atoms with van der Waals surface area (Å²) in [7, 11) is 1.62. The van der Waals surface area contributed by atoms with Gasteiger partial charge in [0.1, 0.15) is 16.8 Å². The van der Waals surface area contributed by atoms with Gasteiger partial charge in [-0.2, -0.15) is 5.26 Å². The predicted octanol–water partition coefficient (Wildman–Crippen LogP) is 2.30. The monoisotopic (exact) mass is 329 g/mol.